The van der Waals surface area contributed by atoms with E-state index in [-0.39, 0.29) is 17.4 Å². The minimum Gasteiger partial charge on any atom is -0.493 e. The number of methoxy groups -OCH3 is 1. The molecule has 1 saturated heterocycles. The first-order valence-electron chi connectivity index (χ1n) is 11.6. The van der Waals surface area contributed by atoms with Crippen molar-refractivity contribution >= 4 is 5.95 Å². The molecular weight excluding hydrogens is 414 g/mol. The third-order valence-electron chi connectivity index (χ3n) is 7.42. The number of nitrogens with zero attached hydrogens (tertiary/aromatic N) is 3. The lowest BCUT2D eigenvalue weighted by molar-refractivity contribution is 0.0558. The first kappa shape index (κ1) is 21.7. The van der Waals surface area contributed by atoms with E-state index in [0.29, 0.717) is 12.5 Å². The van der Waals surface area contributed by atoms with Gasteiger partial charge in [0.1, 0.15) is 6.10 Å². The molecule has 172 valence electrons. The van der Waals surface area contributed by atoms with Crippen LogP contribution >= 0.6 is 0 Å². The molecule has 2 aromatic carbocycles. The molecule has 6 nitrogen and oxygen atoms in total. The number of aromatic nitrogens is 2. The summed E-state index contributed by atoms with van der Waals surface area (Å²) in [6.45, 7) is 5.42. The first-order chi connectivity index (χ1) is 16.0. The van der Waals surface area contributed by atoms with Crippen LogP contribution in [0, 0.1) is 5.41 Å². The summed E-state index contributed by atoms with van der Waals surface area (Å²) in [4.78, 5) is 11.0. The Balaban J connectivity index is 1.43. The molecule has 1 aromatic heterocycles. The second kappa shape index (κ2) is 8.67. The van der Waals surface area contributed by atoms with Gasteiger partial charge in [-0.2, -0.15) is 0 Å². The molecule has 1 fully saturated rings. The summed E-state index contributed by atoms with van der Waals surface area (Å²) < 4.78 is 12.1. The molecule has 0 saturated carbocycles. The van der Waals surface area contributed by atoms with Crippen LogP contribution in [0.3, 0.4) is 0 Å². The van der Waals surface area contributed by atoms with E-state index in [1.807, 2.05) is 19.1 Å². The molecule has 0 radical (unpaired) electrons. The Morgan fingerprint density at radius 3 is 2.36 bits per heavy atom. The van der Waals surface area contributed by atoms with Crippen LogP contribution in [0.5, 0.6) is 11.5 Å². The van der Waals surface area contributed by atoms with E-state index in [9.17, 15) is 5.11 Å². The normalized spacial score (nSPS) is 23.4. The predicted molar refractivity (Wildman–Crippen MR) is 128 cm³/mol. The largest absolute Gasteiger partial charge is 0.493 e. The van der Waals surface area contributed by atoms with Gasteiger partial charge in [-0.1, -0.05) is 37.3 Å². The van der Waals surface area contributed by atoms with Crippen LogP contribution in [0.25, 0.3) is 0 Å². The standard InChI is InChI=1S/C27H31N3O3/c1-18(31)27(2)17-30(26-28-11-6-12-29-26)16-23(27)21-9-10-24(32-3)25(15-21)33-22-13-19-7-4-5-8-20(19)14-22/h4-12,15,18,22-23,31H,13-14,16-17H2,1-3H3/t18-,23-,27+/m1/s1. The zero-order chi connectivity index (χ0) is 23.0. The summed E-state index contributed by atoms with van der Waals surface area (Å²) in [5, 5.41) is 10.8. The summed E-state index contributed by atoms with van der Waals surface area (Å²) >= 11 is 0. The van der Waals surface area contributed by atoms with Crippen LogP contribution in [0.2, 0.25) is 0 Å². The van der Waals surface area contributed by atoms with Crippen LogP contribution < -0.4 is 14.4 Å². The molecule has 1 aliphatic heterocycles. The summed E-state index contributed by atoms with van der Waals surface area (Å²) in [6, 6.07) is 16.5. The quantitative estimate of drug-likeness (QED) is 0.618. The van der Waals surface area contributed by atoms with Crippen LogP contribution in [0.15, 0.2) is 60.9 Å². The molecule has 0 amide bonds. The van der Waals surface area contributed by atoms with Crippen LogP contribution in [-0.2, 0) is 12.8 Å². The maximum atomic E-state index is 10.8. The van der Waals surface area contributed by atoms with Crippen molar-refractivity contribution in [1.29, 1.82) is 0 Å². The van der Waals surface area contributed by atoms with E-state index in [1.165, 1.54) is 11.1 Å². The SMILES string of the molecule is COc1ccc([C@H]2CN(c3ncccn3)C[C@@]2(C)[C@@H](C)O)cc1OC1Cc2ccccc2C1. The predicted octanol–water partition coefficient (Wildman–Crippen LogP) is 4.02. The third-order valence-corrected chi connectivity index (χ3v) is 7.42. The number of aliphatic hydroxyl groups is 1. The number of hydrogen-bond acceptors (Lipinski definition) is 6. The van der Waals surface area contributed by atoms with E-state index in [0.717, 1.165) is 36.4 Å². The molecule has 2 heterocycles. The van der Waals surface area contributed by atoms with Gasteiger partial charge in [0, 0.05) is 49.7 Å². The number of ether oxygens (including phenoxy) is 2. The van der Waals surface area contributed by atoms with E-state index in [4.69, 9.17) is 9.47 Å². The van der Waals surface area contributed by atoms with Crippen molar-refractivity contribution in [3.63, 3.8) is 0 Å². The Morgan fingerprint density at radius 1 is 1.03 bits per heavy atom. The minimum atomic E-state index is -0.494. The molecule has 0 bridgehead atoms. The molecular formula is C27H31N3O3. The average molecular weight is 446 g/mol. The van der Waals surface area contributed by atoms with Gasteiger partial charge in [0.15, 0.2) is 11.5 Å². The minimum absolute atomic E-state index is 0.0903. The second-order valence-electron chi connectivity index (χ2n) is 9.49. The lowest BCUT2D eigenvalue weighted by Gasteiger charge is -2.34. The fourth-order valence-corrected chi connectivity index (χ4v) is 5.31. The molecule has 2 aliphatic rings. The third kappa shape index (κ3) is 4.04. The highest BCUT2D eigenvalue weighted by Gasteiger charge is 2.48. The highest BCUT2D eigenvalue weighted by Crippen LogP contribution is 2.47. The van der Waals surface area contributed by atoms with Crippen molar-refractivity contribution in [2.75, 3.05) is 25.1 Å². The Morgan fingerprint density at radius 2 is 1.73 bits per heavy atom. The Hall–Kier alpha value is -3.12. The van der Waals surface area contributed by atoms with Crippen LogP contribution in [0.1, 0.15) is 36.5 Å². The fourth-order valence-electron chi connectivity index (χ4n) is 5.31. The summed E-state index contributed by atoms with van der Waals surface area (Å²) in [5.41, 5.74) is 3.49. The highest BCUT2D eigenvalue weighted by molar-refractivity contribution is 5.47. The molecule has 0 unspecified atom stereocenters. The molecule has 5 rings (SSSR count). The number of anilines is 1. The average Bonchev–Trinajstić information content (AvgIpc) is 3.41. The lowest BCUT2D eigenvalue weighted by Crippen LogP contribution is -2.37. The molecule has 33 heavy (non-hydrogen) atoms. The Labute approximate surface area is 195 Å². The van der Waals surface area contributed by atoms with E-state index in [1.54, 1.807) is 19.5 Å². The summed E-state index contributed by atoms with van der Waals surface area (Å²) in [7, 11) is 1.68. The Kier molecular flexibility index (Phi) is 5.71. The van der Waals surface area contributed by atoms with Gasteiger partial charge < -0.3 is 19.5 Å². The van der Waals surface area contributed by atoms with Gasteiger partial charge in [0.05, 0.1) is 13.2 Å². The molecule has 1 aliphatic carbocycles. The number of hydrogen-bond donors (Lipinski definition) is 1. The van der Waals surface area contributed by atoms with Gasteiger partial charge in [0.2, 0.25) is 5.95 Å². The summed E-state index contributed by atoms with van der Waals surface area (Å²) in [6.07, 6.45) is 4.91. The Bertz CT molecular complexity index is 1100. The number of rotatable bonds is 6. The van der Waals surface area contributed by atoms with Gasteiger partial charge in [-0.25, -0.2) is 9.97 Å². The zero-order valence-corrected chi connectivity index (χ0v) is 19.4. The van der Waals surface area contributed by atoms with Gasteiger partial charge in [-0.3, -0.25) is 0 Å². The molecule has 3 atom stereocenters. The van der Waals surface area contributed by atoms with Crippen molar-refractivity contribution in [1.82, 2.24) is 9.97 Å². The van der Waals surface area contributed by atoms with Gasteiger partial charge in [0.25, 0.3) is 0 Å². The van der Waals surface area contributed by atoms with Crippen molar-refractivity contribution in [3.8, 4) is 11.5 Å². The maximum Gasteiger partial charge on any atom is 0.225 e. The van der Waals surface area contributed by atoms with E-state index in [2.05, 4.69) is 58.2 Å². The molecule has 0 spiro atoms. The molecule has 1 N–H and O–H groups in total. The maximum absolute atomic E-state index is 10.8. The van der Waals surface area contributed by atoms with Crippen molar-refractivity contribution < 1.29 is 14.6 Å². The lowest BCUT2D eigenvalue weighted by atomic mass is 9.72. The van der Waals surface area contributed by atoms with Gasteiger partial charge >= 0.3 is 0 Å². The zero-order valence-electron chi connectivity index (χ0n) is 19.4. The van der Waals surface area contributed by atoms with E-state index >= 15 is 0 Å². The number of fused-ring (bicyclic) bond motifs is 1. The monoisotopic (exact) mass is 445 g/mol. The van der Waals surface area contributed by atoms with Gasteiger partial charge in [-0.05, 0) is 41.8 Å². The molecule has 3 aromatic rings. The van der Waals surface area contributed by atoms with Crippen molar-refractivity contribution in [2.45, 2.75) is 44.8 Å². The smallest absolute Gasteiger partial charge is 0.225 e. The number of benzene rings is 2. The van der Waals surface area contributed by atoms with Gasteiger partial charge in [-0.15, -0.1) is 0 Å². The molecule has 6 heteroatoms. The van der Waals surface area contributed by atoms with E-state index < -0.39 is 6.10 Å². The fraction of sp³-hybridized carbons (Fsp3) is 0.407. The highest BCUT2D eigenvalue weighted by atomic mass is 16.5. The topological polar surface area (TPSA) is 67.7 Å². The summed E-state index contributed by atoms with van der Waals surface area (Å²) in [5.74, 6) is 2.28. The first-order valence-corrected chi connectivity index (χ1v) is 11.6. The van der Waals surface area contributed by atoms with Crippen molar-refractivity contribution in [3.05, 3.63) is 77.6 Å². The van der Waals surface area contributed by atoms with Crippen LogP contribution in [0.4, 0.5) is 5.95 Å². The van der Waals surface area contributed by atoms with Crippen molar-refractivity contribution in [2.24, 2.45) is 5.41 Å². The van der Waals surface area contributed by atoms with Crippen LogP contribution in [-0.4, -0.2) is 47.5 Å². The second-order valence-corrected chi connectivity index (χ2v) is 9.49. The number of aliphatic hydroxyl groups excluding tert-OH is 1.